The summed E-state index contributed by atoms with van der Waals surface area (Å²) in [6, 6.07) is 9.49. The number of carbonyl (C=O) groups is 3. The predicted octanol–water partition coefficient (Wildman–Crippen LogP) is 2.67. The minimum absolute atomic E-state index is 0.0357. The highest BCUT2D eigenvalue weighted by atomic mass is 16.7. The second kappa shape index (κ2) is 8.14. The quantitative estimate of drug-likeness (QED) is 0.384. The van der Waals surface area contributed by atoms with Crippen molar-refractivity contribution in [2.45, 2.75) is 75.9 Å². The highest BCUT2D eigenvalue weighted by molar-refractivity contribution is 5.97. The fourth-order valence-corrected chi connectivity index (χ4v) is 6.63. The molecule has 8 atom stereocenters. The summed E-state index contributed by atoms with van der Waals surface area (Å²) in [4.78, 5) is 39.6. The summed E-state index contributed by atoms with van der Waals surface area (Å²) in [5.74, 6) is -2.67. The van der Waals surface area contributed by atoms with E-state index >= 15 is 0 Å². The number of hydrogen-bond donors (Lipinski definition) is 2. The molecule has 3 aliphatic heterocycles. The molecule has 1 spiro atoms. The maximum absolute atomic E-state index is 13.8. The Morgan fingerprint density at radius 1 is 1.11 bits per heavy atom. The number of rotatable bonds is 2. The van der Waals surface area contributed by atoms with Crippen LogP contribution in [0.3, 0.4) is 0 Å². The van der Waals surface area contributed by atoms with Crippen molar-refractivity contribution in [2.24, 2.45) is 17.8 Å². The molecule has 1 saturated carbocycles. The number of aliphatic hydroxyl groups is 1. The van der Waals surface area contributed by atoms with Gasteiger partial charge in [-0.05, 0) is 44.7 Å². The van der Waals surface area contributed by atoms with E-state index in [2.05, 4.69) is 5.32 Å². The van der Waals surface area contributed by atoms with Crippen LogP contribution >= 0.6 is 0 Å². The SMILES string of the molecule is CC1=CCC(=O)O[C@@]23C(=O)N[C@@H](Cc4ccccc4)[C@@H]2[C@@]2(C)O[C@@]2(C)[C@@H](O)[C@@H]3C=CC[C@H](C)C1=O. The van der Waals surface area contributed by atoms with Gasteiger partial charge in [0.2, 0.25) is 5.60 Å². The number of hydrogen-bond acceptors (Lipinski definition) is 6. The van der Waals surface area contributed by atoms with E-state index in [4.69, 9.17) is 9.47 Å². The molecule has 5 rings (SSSR count). The van der Waals surface area contributed by atoms with Gasteiger partial charge in [-0.1, -0.05) is 55.5 Å². The molecule has 0 unspecified atom stereocenters. The monoisotopic (exact) mass is 479 g/mol. The summed E-state index contributed by atoms with van der Waals surface area (Å²) in [6.45, 7) is 7.28. The van der Waals surface area contributed by atoms with Crippen LogP contribution in [0.4, 0.5) is 0 Å². The van der Waals surface area contributed by atoms with Crippen molar-refractivity contribution in [3.63, 3.8) is 0 Å². The first kappa shape index (κ1) is 23.9. The fourth-order valence-electron chi connectivity index (χ4n) is 6.63. The number of esters is 1. The van der Waals surface area contributed by atoms with E-state index in [0.29, 0.717) is 18.4 Å². The van der Waals surface area contributed by atoms with E-state index in [1.54, 1.807) is 19.1 Å². The number of allylic oxidation sites excluding steroid dienone is 2. The third kappa shape index (κ3) is 3.43. The number of ketones is 1. The van der Waals surface area contributed by atoms with E-state index in [1.807, 2.05) is 57.2 Å². The molecule has 4 aliphatic rings. The number of epoxide rings is 1. The standard InChI is InChI=1S/C28H33NO6/c1-16-9-8-12-19-24(32)27(4)26(3,35-27)23-20(15-18-10-6-5-7-11-18)29-25(33)28(19,23)34-21(30)14-13-17(2)22(16)31/h5-8,10-13,16,19-20,23-24,32H,9,14-15H2,1-4H3,(H,29,33)/t16-,19-,20-,23+,24-,26+,27-,28+/m0/s1. The number of aliphatic hydroxyl groups excluding tert-OH is 1. The number of fused-ring (bicyclic) bond motifs is 2. The van der Waals surface area contributed by atoms with Crippen LogP contribution < -0.4 is 5.32 Å². The number of ether oxygens (including phenoxy) is 2. The van der Waals surface area contributed by atoms with E-state index in [-0.39, 0.29) is 24.2 Å². The summed E-state index contributed by atoms with van der Waals surface area (Å²) in [7, 11) is 0. The van der Waals surface area contributed by atoms with Crippen molar-refractivity contribution in [1.82, 2.24) is 5.32 Å². The van der Waals surface area contributed by atoms with Gasteiger partial charge in [0.25, 0.3) is 5.91 Å². The molecular formula is C28H33NO6. The van der Waals surface area contributed by atoms with E-state index in [1.165, 1.54) is 0 Å². The van der Waals surface area contributed by atoms with Crippen LogP contribution in [-0.4, -0.2) is 51.7 Å². The third-order valence-electron chi connectivity index (χ3n) is 8.72. The minimum Gasteiger partial charge on any atom is -0.447 e. The Morgan fingerprint density at radius 3 is 2.54 bits per heavy atom. The average molecular weight is 480 g/mol. The largest absolute Gasteiger partial charge is 0.447 e. The second-order valence-corrected chi connectivity index (χ2v) is 10.8. The molecule has 0 aromatic heterocycles. The van der Waals surface area contributed by atoms with E-state index in [9.17, 15) is 19.5 Å². The van der Waals surface area contributed by atoms with E-state index < -0.39 is 46.6 Å². The van der Waals surface area contributed by atoms with Crippen molar-refractivity contribution in [2.75, 3.05) is 0 Å². The molecule has 1 aliphatic carbocycles. The molecule has 3 fully saturated rings. The smallest absolute Gasteiger partial charge is 0.310 e. The first-order valence-electron chi connectivity index (χ1n) is 12.4. The Labute approximate surface area is 205 Å². The van der Waals surface area contributed by atoms with Gasteiger partial charge in [-0.2, -0.15) is 0 Å². The molecule has 0 radical (unpaired) electrons. The molecular weight excluding hydrogens is 446 g/mol. The zero-order valence-corrected chi connectivity index (χ0v) is 20.6. The Balaban J connectivity index is 1.62. The molecule has 7 nitrogen and oxygen atoms in total. The van der Waals surface area contributed by atoms with Crippen molar-refractivity contribution in [3.05, 3.63) is 59.7 Å². The normalized spacial score (nSPS) is 42.9. The van der Waals surface area contributed by atoms with Gasteiger partial charge in [0.1, 0.15) is 11.2 Å². The Kier molecular flexibility index (Phi) is 5.57. The van der Waals surface area contributed by atoms with Crippen molar-refractivity contribution < 1.29 is 29.0 Å². The maximum Gasteiger partial charge on any atom is 0.310 e. The lowest BCUT2D eigenvalue weighted by molar-refractivity contribution is -0.189. The molecule has 1 amide bonds. The number of carbonyl (C=O) groups excluding carboxylic acids is 3. The van der Waals surface area contributed by atoms with Gasteiger partial charge in [-0.15, -0.1) is 0 Å². The number of Topliss-reactive ketones (excluding diaryl/α,β-unsaturated/α-hetero) is 1. The number of benzene rings is 1. The minimum atomic E-state index is -1.62. The summed E-state index contributed by atoms with van der Waals surface area (Å²) in [6.07, 6.45) is 4.95. The molecule has 7 heteroatoms. The molecule has 1 aromatic rings. The van der Waals surface area contributed by atoms with Gasteiger partial charge in [-0.3, -0.25) is 14.4 Å². The van der Waals surface area contributed by atoms with Crippen molar-refractivity contribution in [1.29, 1.82) is 0 Å². The van der Waals surface area contributed by atoms with Crippen LogP contribution in [0.25, 0.3) is 0 Å². The summed E-state index contributed by atoms with van der Waals surface area (Å²) in [5.41, 5.74) is -1.82. The van der Waals surface area contributed by atoms with Gasteiger partial charge < -0.3 is 19.9 Å². The second-order valence-electron chi connectivity index (χ2n) is 10.8. The third-order valence-corrected chi connectivity index (χ3v) is 8.72. The molecule has 2 saturated heterocycles. The zero-order valence-electron chi connectivity index (χ0n) is 20.6. The first-order valence-corrected chi connectivity index (χ1v) is 12.4. The number of nitrogens with one attached hydrogen (secondary N) is 1. The molecule has 2 N–H and O–H groups in total. The highest BCUT2D eigenvalue weighted by Crippen LogP contribution is 2.67. The Morgan fingerprint density at radius 2 is 1.83 bits per heavy atom. The van der Waals surface area contributed by atoms with Crippen LogP contribution in [0, 0.1) is 17.8 Å². The molecule has 186 valence electrons. The van der Waals surface area contributed by atoms with Crippen LogP contribution in [0.5, 0.6) is 0 Å². The van der Waals surface area contributed by atoms with Gasteiger partial charge in [0, 0.05) is 12.0 Å². The van der Waals surface area contributed by atoms with Crippen LogP contribution in [-0.2, 0) is 30.3 Å². The summed E-state index contributed by atoms with van der Waals surface area (Å²) < 4.78 is 12.3. The topological polar surface area (TPSA) is 105 Å². The van der Waals surface area contributed by atoms with Gasteiger partial charge in [-0.25, -0.2) is 0 Å². The van der Waals surface area contributed by atoms with E-state index in [0.717, 1.165) is 5.56 Å². The zero-order chi connectivity index (χ0) is 25.2. The highest BCUT2D eigenvalue weighted by Gasteiger charge is 2.85. The lowest BCUT2D eigenvalue weighted by Crippen LogP contribution is -2.66. The lowest BCUT2D eigenvalue weighted by Gasteiger charge is -2.47. The Hall–Kier alpha value is -2.77. The maximum atomic E-state index is 13.8. The number of amides is 1. The molecule has 0 bridgehead atoms. The molecule has 1 aromatic carbocycles. The lowest BCUT2D eigenvalue weighted by atomic mass is 9.57. The van der Waals surface area contributed by atoms with Crippen LogP contribution in [0.15, 0.2) is 54.1 Å². The predicted molar refractivity (Wildman–Crippen MR) is 128 cm³/mol. The van der Waals surface area contributed by atoms with Gasteiger partial charge in [0.15, 0.2) is 5.78 Å². The first-order chi connectivity index (χ1) is 16.5. The Bertz CT molecular complexity index is 1130. The molecule has 3 heterocycles. The average Bonchev–Trinajstić information content (AvgIpc) is 3.29. The van der Waals surface area contributed by atoms with Crippen LogP contribution in [0.1, 0.15) is 46.1 Å². The van der Waals surface area contributed by atoms with Gasteiger partial charge in [0.05, 0.1) is 24.4 Å². The van der Waals surface area contributed by atoms with Crippen LogP contribution in [0.2, 0.25) is 0 Å². The molecule has 35 heavy (non-hydrogen) atoms. The van der Waals surface area contributed by atoms with Crippen molar-refractivity contribution in [3.8, 4) is 0 Å². The van der Waals surface area contributed by atoms with Crippen molar-refractivity contribution >= 4 is 17.7 Å². The summed E-state index contributed by atoms with van der Waals surface area (Å²) >= 11 is 0. The fraction of sp³-hybridized carbons (Fsp3) is 0.536. The van der Waals surface area contributed by atoms with Gasteiger partial charge >= 0.3 is 5.97 Å². The summed E-state index contributed by atoms with van der Waals surface area (Å²) in [5, 5.41) is 14.6.